The number of amides is 1. The van der Waals surface area contributed by atoms with Crippen molar-refractivity contribution < 1.29 is 37.5 Å². The summed E-state index contributed by atoms with van der Waals surface area (Å²) < 4.78 is 45.5. The highest BCUT2D eigenvalue weighted by molar-refractivity contribution is 6.48. The van der Waals surface area contributed by atoms with Gasteiger partial charge in [-0.1, -0.05) is 26.0 Å². The minimum Gasteiger partial charge on any atom is -0.496 e. The Labute approximate surface area is 192 Å². The maximum atomic E-state index is 13.8. The van der Waals surface area contributed by atoms with E-state index in [1.165, 1.54) is 13.2 Å². The minimum atomic E-state index is -3.59. The van der Waals surface area contributed by atoms with E-state index < -0.39 is 36.5 Å². The maximum absolute atomic E-state index is 13.8. The van der Waals surface area contributed by atoms with Gasteiger partial charge in [-0.05, 0) is 55.1 Å². The van der Waals surface area contributed by atoms with Crippen LogP contribution in [0.5, 0.6) is 5.75 Å². The van der Waals surface area contributed by atoms with E-state index in [-0.39, 0.29) is 35.2 Å². The second-order valence-electron chi connectivity index (χ2n) is 10.3. The molecule has 3 aliphatic carbocycles. The lowest BCUT2D eigenvalue weighted by Gasteiger charge is -2.64. The third-order valence-electron chi connectivity index (χ3n) is 7.98. The van der Waals surface area contributed by atoms with Gasteiger partial charge in [0.2, 0.25) is 0 Å². The van der Waals surface area contributed by atoms with Gasteiger partial charge in [0, 0.05) is 6.92 Å². The van der Waals surface area contributed by atoms with Crippen LogP contribution >= 0.6 is 0 Å². The number of carbonyl (C=O) groups is 2. The van der Waals surface area contributed by atoms with E-state index in [2.05, 4.69) is 19.2 Å². The third-order valence-corrected chi connectivity index (χ3v) is 7.98. The first-order valence-electron chi connectivity index (χ1n) is 11.2. The average molecular weight is 465 g/mol. The zero-order valence-corrected chi connectivity index (χ0v) is 19.5. The number of carboxylic acids is 1. The number of hydrogen-bond acceptors (Lipinski definition) is 5. The highest BCUT2D eigenvalue weighted by atomic mass is 19.3. The number of hydrogen-bond donors (Lipinski definition) is 2. The van der Waals surface area contributed by atoms with Crippen LogP contribution in [0.2, 0.25) is 0 Å². The summed E-state index contributed by atoms with van der Waals surface area (Å²) in [4.78, 5) is 23.8. The number of benzene rings is 1. The van der Waals surface area contributed by atoms with Gasteiger partial charge in [-0.2, -0.15) is 8.78 Å². The molecule has 7 nitrogen and oxygen atoms in total. The molecule has 1 aliphatic heterocycles. The van der Waals surface area contributed by atoms with Crippen LogP contribution in [-0.2, 0) is 20.5 Å². The van der Waals surface area contributed by atoms with Crippen LogP contribution in [0, 0.1) is 17.3 Å². The Hall–Kier alpha value is -2.20. The molecule has 4 aliphatic rings. The molecule has 1 aromatic rings. The number of aromatic carboxylic acids is 1. The van der Waals surface area contributed by atoms with E-state index in [0.717, 1.165) is 12.8 Å². The van der Waals surface area contributed by atoms with Gasteiger partial charge < -0.3 is 24.5 Å². The summed E-state index contributed by atoms with van der Waals surface area (Å²) in [7, 11) is 0.381. The van der Waals surface area contributed by atoms with Crippen molar-refractivity contribution in [2.45, 2.75) is 70.5 Å². The molecule has 180 valence electrons. The summed E-state index contributed by atoms with van der Waals surface area (Å²) in [5.41, 5.74) is -0.109. The fourth-order valence-electron chi connectivity index (χ4n) is 5.97. The Kier molecular flexibility index (Phi) is 5.76. The Morgan fingerprint density at radius 3 is 2.61 bits per heavy atom. The summed E-state index contributed by atoms with van der Waals surface area (Å²) in [5, 5.41) is 11.9. The van der Waals surface area contributed by atoms with Crippen LogP contribution < -0.4 is 10.1 Å². The fourth-order valence-corrected chi connectivity index (χ4v) is 5.97. The normalized spacial score (nSPS) is 30.8. The molecule has 1 saturated heterocycles. The van der Waals surface area contributed by atoms with Crippen LogP contribution in [-0.4, -0.2) is 54.8 Å². The predicted molar refractivity (Wildman–Crippen MR) is 116 cm³/mol. The molecule has 1 amide bonds. The first-order valence-corrected chi connectivity index (χ1v) is 11.2. The number of para-hydroxylation sites is 1. The van der Waals surface area contributed by atoms with Crippen molar-refractivity contribution in [1.82, 2.24) is 5.32 Å². The van der Waals surface area contributed by atoms with Crippen LogP contribution in [0.25, 0.3) is 0 Å². The predicted octanol–water partition coefficient (Wildman–Crippen LogP) is 3.34. The molecule has 5 unspecified atom stereocenters. The molecule has 5 atom stereocenters. The van der Waals surface area contributed by atoms with Crippen molar-refractivity contribution in [3.63, 3.8) is 0 Å². The number of methoxy groups -OCH3 is 1. The first-order chi connectivity index (χ1) is 15.3. The van der Waals surface area contributed by atoms with Crippen molar-refractivity contribution in [3.05, 3.63) is 29.3 Å². The molecule has 1 aromatic carbocycles. The number of carbonyl (C=O) groups excluding carboxylic acids is 1. The molecule has 10 heteroatoms. The molecule has 33 heavy (non-hydrogen) atoms. The number of nitrogens with one attached hydrogen (secondary N) is 1. The van der Waals surface area contributed by atoms with E-state index in [9.17, 15) is 23.5 Å². The lowest BCUT2D eigenvalue weighted by Crippen LogP contribution is -2.65. The summed E-state index contributed by atoms with van der Waals surface area (Å²) in [6.45, 7) is 6.95. The van der Waals surface area contributed by atoms with Gasteiger partial charge in [-0.3, -0.25) is 4.79 Å². The third kappa shape index (κ3) is 3.91. The van der Waals surface area contributed by atoms with Crippen molar-refractivity contribution >= 4 is 19.0 Å². The number of rotatable bonds is 7. The number of ether oxygens (including phenoxy) is 1. The molecular weight excluding hydrogens is 435 g/mol. The molecule has 0 aromatic heterocycles. The highest BCUT2D eigenvalue weighted by Crippen LogP contribution is 2.65. The van der Waals surface area contributed by atoms with Gasteiger partial charge >= 0.3 is 19.0 Å². The second kappa shape index (κ2) is 7.94. The zero-order chi connectivity index (χ0) is 24.3. The van der Waals surface area contributed by atoms with E-state index in [0.29, 0.717) is 18.4 Å². The van der Waals surface area contributed by atoms with Crippen molar-refractivity contribution in [2.24, 2.45) is 17.3 Å². The smallest absolute Gasteiger partial charge is 0.482 e. The molecule has 3 saturated carbocycles. The lowest BCUT2D eigenvalue weighted by molar-refractivity contribution is -0.199. The quantitative estimate of drug-likeness (QED) is 0.600. The van der Waals surface area contributed by atoms with Gasteiger partial charge in [0.05, 0.1) is 24.8 Å². The molecule has 4 fully saturated rings. The van der Waals surface area contributed by atoms with Gasteiger partial charge in [0.1, 0.15) is 11.3 Å². The van der Waals surface area contributed by atoms with Crippen molar-refractivity contribution in [3.8, 4) is 5.75 Å². The van der Waals surface area contributed by atoms with Gasteiger partial charge in [-0.15, -0.1) is 0 Å². The number of halogens is 2. The van der Waals surface area contributed by atoms with Gasteiger partial charge in [-0.25, -0.2) is 4.79 Å². The molecule has 1 heterocycles. The first kappa shape index (κ1) is 23.9. The van der Waals surface area contributed by atoms with Crippen LogP contribution in [0.1, 0.15) is 56.5 Å². The van der Waals surface area contributed by atoms with E-state index >= 15 is 0 Å². The highest BCUT2D eigenvalue weighted by Gasteiger charge is 2.68. The summed E-state index contributed by atoms with van der Waals surface area (Å²) in [5.74, 6) is -6.32. The Bertz CT molecular complexity index is 967. The maximum Gasteiger partial charge on any atom is 0.482 e. The van der Waals surface area contributed by atoms with Crippen LogP contribution in [0.3, 0.4) is 0 Å². The average Bonchev–Trinajstić information content (AvgIpc) is 3.09. The molecule has 5 rings (SSSR count). The van der Waals surface area contributed by atoms with E-state index in [1.807, 2.05) is 6.92 Å². The minimum absolute atomic E-state index is 0.00291. The Balaban J connectivity index is 1.64. The molecule has 0 spiro atoms. The molecular formula is C23H30BF2NO6. The standard InChI is InChI=1S/C23H30BF2NO6/c1-21(2)13-10-15(21)22(3)16(11-13)32-24(33-22)17(27-20(30)23(4,25)26)9-12-7-6-8-14(19(28)29)18(12)31-5/h6-8,13,15-17H,9-11H2,1-5H3,(H,27,30)(H,28,29). The summed E-state index contributed by atoms with van der Waals surface area (Å²) >= 11 is 0. The fraction of sp³-hybridized carbons (Fsp3) is 0.652. The summed E-state index contributed by atoms with van der Waals surface area (Å²) in [6, 6.07) is 4.58. The summed E-state index contributed by atoms with van der Waals surface area (Å²) in [6.07, 6.45) is 1.62. The molecule has 2 N–H and O–H groups in total. The largest absolute Gasteiger partial charge is 0.496 e. The molecule has 0 radical (unpaired) electrons. The second-order valence-corrected chi connectivity index (χ2v) is 10.3. The topological polar surface area (TPSA) is 94.1 Å². The SMILES string of the molecule is COc1c(CC(NC(=O)C(C)(F)F)B2OC3CC4CC(C4(C)C)C3(C)O2)cccc1C(=O)O. The van der Waals surface area contributed by atoms with E-state index in [4.69, 9.17) is 14.0 Å². The van der Waals surface area contributed by atoms with Crippen LogP contribution in [0.4, 0.5) is 8.78 Å². The van der Waals surface area contributed by atoms with E-state index in [1.54, 1.807) is 12.1 Å². The number of carboxylic acid groups (broad SMARTS) is 1. The Morgan fingerprint density at radius 1 is 1.33 bits per heavy atom. The monoisotopic (exact) mass is 465 g/mol. The van der Waals surface area contributed by atoms with Gasteiger partial charge in [0.25, 0.3) is 5.91 Å². The van der Waals surface area contributed by atoms with Crippen LogP contribution in [0.15, 0.2) is 18.2 Å². The Morgan fingerprint density at radius 2 is 2.03 bits per heavy atom. The molecule has 2 bridgehead atoms. The zero-order valence-electron chi connectivity index (χ0n) is 19.5. The lowest BCUT2D eigenvalue weighted by atomic mass is 9.43. The number of alkyl halides is 2. The van der Waals surface area contributed by atoms with Gasteiger partial charge in [0.15, 0.2) is 0 Å². The van der Waals surface area contributed by atoms with Crippen molar-refractivity contribution in [2.75, 3.05) is 7.11 Å². The van der Waals surface area contributed by atoms with Crippen molar-refractivity contribution in [1.29, 1.82) is 0 Å².